The van der Waals surface area contributed by atoms with E-state index < -0.39 is 11.4 Å². The third-order valence-electron chi connectivity index (χ3n) is 4.08. The van der Waals surface area contributed by atoms with Crippen molar-refractivity contribution in [2.24, 2.45) is 5.41 Å². The van der Waals surface area contributed by atoms with Crippen LogP contribution in [0.2, 0.25) is 0 Å². The van der Waals surface area contributed by atoms with Crippen LogP contribution in [0.3, 0.4) is 0 Å². The maximum absolute atomic E-state index is 12.2. The number of carboxylic acids is 1. The van der Waals surface area contributed by atoms with Gasteiger partial charge < -0.3 is 19.6 Å². The van der Waals surface area contributed by atoms with Crippen LogP contribution in [0.1, 0.15) is 32.6 Å². The highest BCUT2D eigenvalue weighted by molar-refractivity contribution is 5.77. The van der Waals surface area contributed by atoms with Gasteiger partial charge in [0.25, 0.3) is 0 Å². The molecule has 0 bridgehead atoms. The summed E-state index contributed by atoms with van der Waals surface area (Å²) >= 11 is 0. The molecule has 1 aliphatic heterocycles. The highest BCUT2D eigenvalue weighted by atomic mass is 16.5. The molecule has 0 aromatic rings. The Hall–Kier alpha value is -1.79. The van der Waals surface area contributed by atoms with Crippen LogP contribution in [-0.4, -0.2) is 66.7 Å². The van der Waals surface area contributed by atoms with Gasteiger partial charge in [0.1, 0.15) is 0 Å². The third kappa shape index (κ3) is 4.61. The molecule has 7 nitrogen and oxygen atoms in total. The summed E-state index contributed by atoms with van der Waals surface area (Å²) in [6.45, 7) is 3.09. The summed E-state index contributed by atoms with van der Waals surface area (Å²) in [6.07, 6.45) is 1.76. The number of amides is 2. The summed E-state index contributed by atoms with van der Waals surface area (Å²) in [6, 6.07) is -0.118. The molecule has 120 valence electrons. The minimum absolute atomic E-state index is 0.118. The van der Waals surface area contributed by atoms with Gasteiger partial charge in [-0.3, -0.25) is 9.59 Å². The molecule has 0 unspecified atom stereocenters. The summed E-state index contributed by atoms with van der Waals surface area (Å²) in [5.74, 6) is -1.09. The third-order valence-corrected chi connectivity index (χ3v) is 4.08. The van der Waals surface area contributed by atoms with Crippen LogP contribution >= 0.6 is 0 Å². The lowest BCUT2D eigenvalue weighted by Gasteiger charge is -2.38. The number of carbonyl (C=O) groups is 3. The molecular weight excluding hydrogens is 276 g/mol. The molecule has 0 aromatic carbocycles. The average molecular weight is 300 g/mol. The monoisotopic (exact) mass is 300 g/mol. The van der Waals surface area contributed by atoms with Gasteiger partial charge in [-0.1, -0.05) is 0 Å². The second-order valence-electron chi connectivity index (χ2n) is 5.74. The number of urea groups is 1. The number of esters is 1. The predicted molar refractivity (Wildman–Crippen MR) is 75.8 cm³/mol. The summed E-state index contributed by atoms with van der Waals surface area (Å²) < 4.78 is 4.55. The summed E-state index contributed by atoms with van der Waals surface area (Å²) in [5.41, 5.74) is -0.736. The second-order valence-corrected chi connectivity index (χ2v) is 5.74. The number of aliphatic carboxylic acids is 1. The molecule has 1 aliphatic rings. The van der Waals surface area contributed by atoms with Crippen LogP contribution in [0.5, 0.6) is 0 Å². The van der Waals surface area contributed by atoms with E-state index in [0.717, 1.165) is 0 Å². The Labute approximate surface area is 124 Å². The summed E-state index contributed by atoms with van der Waals surface area (Å²) in [4.78, 5) is 37.6. The van der Waals surface area contributed by atoms with E-state index in [2.05, 4.69) is 4.74 Å². The van der Waals surface area contributed by atoms with E-state index in [1.807, 2.05) is 0 Å². The van der Waals surface area contributed by atoms with Gasteiger partial charge in [-0.15, -0.1) is 0 Å². The van der Waals surface area contributed by atoms with E-state index in [1.165, 1.54) is 7.11 Å². The first-order valence-corrected chi connectivity index (χ1v) is 7.10. The Balaban J connectivity index is 2.39. The van der Waals surface area contributed by atoms with E-state index in [-0.39, 0.29) is 18.4 Å². The molecule has 1 rings (SSSR count). The van der Waals surface area contributed by atoms with E-state index in [9.17, 15) is 14.4 Å². The van der Waals surface area contributed by atoms with E-state index in [4.69, 9.17) is 5.11 Å². The van der Waals surface area contributed by atoms with Crippen LogP contribution in [0.4, 0.5) is 4.79 Å². The van der Waals surface area contributed by atoms with E-state index >= 15 is 0 Å². The first kappa shape index (κ1) is 17.3. The van der Waals surface area contributed by atoms with Crippen molar-refractivity contribution in [1.82, 2.24) is 9.80 Å². The van der Waals surface area contributed by atoms with Crippen molar-refractivity contribution in [2.45, 2.75) is 32.6 Å². The molecule has 21 heavy (non-hydrogen) atoms. The molecule has 7 heteroatoms. The number of rotatable bonds is 5. The van der Waals surface area contributed by atoms with Gasteiger partial charge in [0, 0.05) is 33.1 Å². The molecule has 1 fully saturated rings. The fourth-order valence-corrected chi connectivity index (χ4v) is 2.31. The Kier molecular flexibility index (Phi) is 5.99. The average Bonchev–Trinajstić information content (AvgIpc) is 2.46. The molecule has 2 amide bonds. The van der Waals surface area contributed by atoms with Crippen LogP contribution in [-0.2, 0) is 14.3 Å². The second kappa shape index (κ2) is 7.28. The molecule has 1 saturated heterocycles. The Morgan fingerprint density at radius 3 is 2.33 bits per heavy atom. The quantitative estimate of drug-likeness (QED) is 0.770. The largest absolute Gasteiger partial charge is 0.481 e. The maximum atomic E-state index is 12.2. The zero-order valence-electron chi connectivity index (χ0n) is 12.9. The number of carboxylic acid groups (broad SMARTS) is 1. The van der Waals surface area contributed by atoms with Gasteiger partial charge in [0.2, 0.25) is 0 Å². The number of ether oxygens (including phenoxy) is 1. The predicted octanol–water partition coefficient (Wildman–Crippen LogP) is 1.18. The molecule has 0 radical (unpaired) electrons. The topological polar surface area (TPSA) is 87.2 Å². The Bertz CT molecular complexity index is 402. The van der Waals surface area contributed by atoms with Crippen LogP contribution in [0, 0.1) is 5.41 Å². The fraction of sp³-hybridized carbons (Fsp3) is 0.786. The van der Waals surface area contributed by atoms with Crippen molar-refractivity contribution < 1.29 is 24.2 Å². The Morgan fingerprint density at radius 2 is 1.86 bits per heavy atom. The first-order valence-electron chi connectivity index (χ1n) is 7.10. The number of hydrogen-bond acceptors (Lipinski definition) is 4. The minimum Gasteiger partial charge on any atom is -0.481 e. The standard InChI is InChI=1S/C14H24N2O5/c1-14(12(18)19)6-9-16(10-7-14)13(20)15(2)8-4-5-11(17)21-3/h4-10H2,1-3H3,(H,18,19). The highest BCUT2D eigenvalue weighted by Gasteiger charge is 2.38. The molecule has 0 aliphatic carbocycles. The lowest BCUT2D eigenvalue weighted by molar-refractivity contribution is -0.150. The minimum atomic E-state index is -0.805. The van der Waals surface area contributed by atoms with Crippen LogP contribution < -0.4 is 0 Å². The van der Waals surface area contributed by atoms with Crippen molar-refractivity contribution in [1.29, 1.82) is 0 Å². The highest BCUT2D eigenvalue weighted by Crippen LogP contribution is 2.31. The van der Waals surface area contributed by atoms with Gasteiger partial charge in [-0.2, -0.15) is 0 Å². The van der Waals surface area contributed by atoms with Gasteiger partial charge in [0.05, 0.1) is 12.5 Å². The first-order chi connectivity index (χ1) is 9.80. The Morgan fingerprint density at radius 1 is 1.29 bits per heavy atom. The molecule has 0 atom stereocenters. The summed E-state index contributed by atoms with van der Waals surface area (Å²) in [7, 11) is 3.02. The number of hydrogen-bond donors (Lipinski definition) is 1. The van der Waals surface area contributed by atoms with Crippen LogP contribution in [0.15, 0.2) is 0 Å². The number of piperidine rings is 1. The van der Waals surface area contributed by atoms with E-state index in [1.54, 1.807) is 23.8 Å². The summed E-state index contributed by atoms with van der Waals surface area (Å²) in [5, 5.41) is 9.17. The SMILES string of the molecule is COC(=O)CCCN(C)C(=O)N1CCC(C)(C(=O)O)CC1. The molecule has 0 spiro atoms. The zero-order valence-corrected chi connectivity index (χ0v) is 12.9. The number of nitrogens with zero attached hydrogens (tertiary/aromatic N) is 2. The van der Waals surface area contributed by atoms with Crippen molar-refractivity contribution in [2.75, 3.05) is 33.8 Å². The van der Waals surface area contributed by atoms with Crippen molar-refractivity contribution in [3.63, 3.8) is 0 Å². The molecule has 0 aromatic heterocycles. The number of likely N-dealkylation sites (tertiary alicyclic amines) is 1. The van der Waals surface area contributed by atoms with Gasteiger partial charge >= 0.3 is 18.0 Å². The lowest BCUT2D eigenvalue weighted by Crippen LogP contribution is -2.49. The maximum Gasteiger partial charge on any atom is 0.319 e. The van der Waals surface area contributed by atoms with E-state index in [0.29, 0.717) is 38.9 Å². The smallest absolute Gasteiger partial charge is 0.319 e. The van der Waals surface area contributed by atoms with Crippen molar-refractivity contribution >= 4 is 18.0 Å². The van der Waals surface area contributed by atoms with Gasteiger partial charge in [0.15, 0.2) is 0 Å². The van der Waals surface area contributed by atoms with Gasteiger partial charge in [-0.25, -0.2) is 4.79 Å². The van der Waals surface area contributed by atoms with Gasteiger partial charge in [-0.05, 0) is 26.2 Å². The van der Waals surface area contributed by atoms with Crippen LogP contribution in [0.25, 0.3) is 0 Å². The lowest BCUT2D eigenvalue weighted by atomic mass is 9.80. The zero-order chi connectivity index (χ0) is 16.0. The molecule has 1 N–H and O–H groups in total. The number of methoxy groups -OCH3 is 1. The fourth-order valence-electron chi connectivity index (χ4n) is 2.31. The van der Waals surface area contributed by atoms with Crippen molar-refractivity contribution in [3.8, 4) is 0 Å². The molecule has 0 saturated carbocycles. The molecular formula is C14H24N2O5. The van der Waals surface area contributed by atoms with Crippen molar-refractivity contribution in [3.05, 3.63) is 0 Å². The molecule has 1 heterocycles. The number of carbonyl (C=O) groups excluding carboxylic acids is 2. The normalized spacial score (nSPS) is 17.2.